The molecule has 2 aromatic rings. The number of carboxylic acid groups (broad SMARTS) is 1. The molecule has 0 spiro atoms. The summed E-state index contributed by atoms with van der Waals surface area (Å²) in [5.74, 6) is -1.21. The maximum atomic E-state index is 14.0. The number of nitrogens with zero attached hydrogens (tertiary/aromatic N) is 2. The Morgan fingerprint density at radius 2 is 1.80 bits per heavy atom. The molecule has 0 bridgehead atoms. The van der Waals surface area contributed by atoms with E-state index in [9.17, 15) is 36.8 Å². The summed E-state index contributed by atoms with van der Waals surface area (Å²) in [6, 6.07) is 5.86. The maximum Gasteiger partial charge on any atom is 0.417 e. The Bertz CT molecular complexity index is 1260. The van der Waals surface area contributed by atoms with Gasteiger partial charge in [-0.2, -0.15) is 18.4 Å². The van der Waals surface area contributed by atoms with Gasteiger partial charge < -0.3 is 9.67 Å². The molecule has 0 aliphatic heterocycles. The molecule has 0 amide bonds. The number of halogens is 3. The van der Waals surface area contributed by atoms with Crippen LogP contribution in [0, 0.1) is 17.2 Å². The highest BCUT2D eigenvalue weighted by atomic mass is 32.2. The van der Waals surface area contributed by atoms with E-state index in [1.54, 1.807) is 0 Å². The summed E-state index contributed by atoms with van der Waals surface area (Å²) in [7, 11) is -4.51. The number of sulfonamides is 1. The van der Waals surface area contributed by atoms with E-state index in [1.165, 1.54) is 37.5 Å². The first-order valence-corrected chi connectivity index (χ1v) is 12.7. The Morgan fingerprint density at radius 3 is 2.31 bits per heavy atom. The predicted octanol–water partition coefficient (Wildman–Crippen LogP) is 5.40. The molecule has 3 rings (SSSR count). The summed E-state index contributed by atoms with van der Waals surface area (Å²) in [6.45, 7) is 4.84. The van der Waals surface area contributed by atoms with Crippen LogP contribution in [-0.2, 0) is 22.7 Å². The van der Waals surface area contributed by atoms with Gasteiger partial charge >= 0.3 is 12.1 Å². The molecule has 1 fully saturated rings. The molecule has 0 saturated heterocycles. The van der Waals surface area contributed by atoms with Crippen molar-refractivity contribution in [1.82, 2.24) is 9.29 Å². The Kier molecular flexibility index (Phi) is 7.39. The highest BCUT2D eigenvalue weighted by molar-refractivity contribution is 7.89. The van der Waals surface area contributed by atoms with Crippen LogP contribution in [0.4, 0.5) is 13.2 Å². The van der Waals surface area contributed by atoms with Gasteiger partial charge in [0.15, 0.2) is 0 Å². The summed E-state index contributed by atoms with van der Waals surface area (Å²) in [4.78, 5) is 10.9. The van der Waals surface area contributed by atoms with Crippen LogP contribution in [0.15, 0.2) is 29.2 Å². The van der Waals surface area contributed by atoms with Crippen LogP contribution < -0.4 is 4.72 Å². The standard InChI is InChI=1S/C24H28F3N3O4S/c1-23(2,3)29-35(33,34)21-10-9-16(11-18(21)24(25,26)27)19-12-17(22(31)32)20(13-28)30(19)14-15-7-5-4-6-8-15/h9-12,15,29H,4-8,14H2,1-3H3,(H,31,32). The van der Waals surface area contributed by atoms with E-state index in [2.05, 4.69) is 4.72 Å². The van der Waals surface area contributed by atoms with Gasteiger partial charge in [-0.15, -0.1) is 0 Å². The van der Waals surface area contributed by atoms with Crippen molar-refractivity contribution in [2.24, 2.45) is 5.92 Å². The zero-order valence-electron chi connectivity index (χ0n) is 19.7. The van der Waals surface area contributed by atoms with Gasteiger partial charge in [-0.1, -0.05) is 25.3 Å². The van der Waals surface area contributed by atoms with Crippen molar-refractivity contribution in [1.29, 1.82) is 5.26 Å². The molecule has 190 valence electrons. The second kappa shape index (κ2) is 9.66. The minimum absolute atomic E-state index is 0.0214. The molecule has 7 nitrogen and oxygen atoms in total. The van der Waals surface area contributed by atoms with E-state index >= 15 is 0 Å². The zero-order valence-corrected chi connectivity index (χ0v) is 20.6. The van der Waals surface area contributed by atoms with Gasteiger partial charge in [-0.3, -0.25) is 0 Å². The first-order chi connectivity index (χ1) is 16.1. The lowest BCUT2D eigenvalue weighted by molar-refractivity contribution is -0.139. The monoisotopic (exact) mass is 511 g/mol. The van der Waals surface area contributed by atoms with E-state index in [1.807, 2.05) is 6.07 Å². The minimum Gasteiger partial charge on any atom is -0.478 e. The van der Waals surface area contributed by atoms with Crippen LogP contribution in [0.5, 0.6) is 0 Å². The number of hydrogen-bond donors (Lipinski definition) is 2. The number of aromatic carboxylic acids is 1. The number of alkyl halides is 3. The van der Waals surface area contributed by atoms with Gasteiger partial charge in [0.25, 0.3) is 0 Å². The average Bonchev–Trinajstić information content (AvgIpc) is 3.10. The van der Waals surface area contributed by atoms with Gasteiger partial charge in [0, 0.05) is 17.8 Å². The van der Waals surface area contributed by atoms with Gasteiger partial charge in [0.2, 0.25) is 10.0 Å². The highest BCUT2D eigenvalue weighted by Crippen LogP contribution is 2.39. The summed E-state index contributed by atoms with van der Waals surface area (Å²) in [5, 5.41) is 19.3. The van der Waals surface area contributed by atoms with E-state index in [4.69, 9.17) is 0 Å². The lowest BCUT2D eigenvalue weighted by atomic mass is 9.89. The SMILES string of the molecule is CC(C)(C)NS(=O)(=O)c1ccc(-c2cc(C(=O)O)c(C#N)n2CC2CCCCC2)cc1C(F)(F)F. The Labute approximate surface area is 202 Å². The fraction of sp³-hybridized carbons (Fsp3) is 0.500. The summed E-state index contributed by atoms with van der Waals surface area (Å²) in [5.41, 5.74) is -2.72. The highest BCUT2D eigenvalue weighted by Gasteiger charge is 2.39. The third kappa shape index (κ3) is 6.05. The van der Waals surface area contributed by atoms with Crippen molar-refractivity contribution >= 4 is 16.0 Å². The lowest BCUT2D eigenvalue weighted by Gasteiger charge is -2.24. The van der Waals surface area contributed by atoms with Crippen LogP contribution in [0.1, 0.15) is 74.5 Å². The number of nitriles is 1. The van der Waals surface area contributed by atoms with Gasteiger partial charge in [-0.25, -0.2) is 17.9 Å². The topological polar surface area (TPSA) is 112 Å². The Hall–Kier alpha value is -2.84. The Balaban J connectivity index is 2.21. The second-order valence-corrected chi connectivity index (χ2v) is 11.5. The van der Waals surface area contributed by atoms with Crippen LogP contribution in [0.2, 0.25) is 0 Å². The number of carbonyl (C=O) groups is 1. The van der Waals surface area contributed by atoms with E-state index < -0.39 is 38.2 Å². The zero-order chi connectivity index (χ0) is 26.2. The second-order valence-electron chi connectivity index (χ2n) is 9.89. The van der Waals surface area contributed by atoms with Gasteiger partial charge in [-0.05, 0) is 63.3 Å². The van der Waals surface area contributed by atoms with Crippen molar-refractivity contribution in [3.63, 3.8) is 0 Å². The molecule has 1 aromatic heterocycles. The fourth-order valence-electron chi connectivity index (χ4n) is 4.49. The quantitative estimate of drug-likeness (QED) is 0.539. The number of nitrogens with one attached hydrogen (secondary N) is 1. The minimum atomic E-state index is -4.99. The van der Waals surface area contributed by atoms with E-state index in [0.717, 1.165) is 38.2 Å². The molecule has 1 heterocycles. The lowest BCUT2D eigenvalue weighted by Crippen LogP contribution is -2.41. The summed E-state index contributed by atoms with van der Waals surface area (Å²) >= 11 is 0. The van der Waals surface area contributed by atoms with Gasteiger partial charge in [0.1, 0.15) is 11.8 Å². The van der Waals surface area contributed by atoms with Gasteiger partial charge in [0.05, 0.1) is 16.0 Å². The Morgan fingerprint density at radius 1 is 1.17 bits per heavy atom. The number of carboxylic acids is 1. The molecule has 0 radical (unpaired) electrons. The molecule has 1 aliphatic carbocycles. The maximum absolute atomic E-state index is 14.0. The van der Waals surface area contributed by atoms with Crippen molar-refractivity contribution in [3.05, 3.63) is 41.1 Å². The normalized spacial score (nSPS) is 15.7. The first kappa shape index (κ1) is 26.8. The van der Waals surface area contributed by atoms with Crippen molar-refractivity contribution < 1.29 is 31.5 Å². The fourth-order valence-corrected chi connectivity index (χ4v) is 6.12. The smallest absolute Gasteiger partial charge is 0.417 e. The molecule has 0 unspecified atom stereocenters. The average molecular weight is 512 g/mol. The molecule has 35 heavy (non-hydrogen) atoms. The molecule has 1 aliphatic rings. The van der Waals surface area contributed by atoms with Crippen molar-refractivity contribution in [3.8, 4) is 17.3 Å². The number of benzene rings is 1. The van der Waals surface area contributed by atoms with Crippen LogP contribution in [0.25, 0.3) is 11.3 Å². The van der Waals surface area contributed by atoms with Crippen LogP contribution in [-0.4, -0.2) is 29.6 Å². The van der Waals surface area contributed by atoms with Crippen molar-refractivity contribution in [2.75, 3.05) is 0 Å². The molecule has 11 heteroatoms. The molecule has 0 atom stereocenters. The summed E-state index contributed by atoms with van der Waals surface area (Å²) < 4.78 is 71.2. The summed E-state index contributed by atoms with van der Waals surface area (Å²) in [6.07, 6.45) is -0.204. The third-order valence-electron chi connectivity index (χ3n) is 5.91. The first-order valence-electron chi connectivity index (χ1n) is 11.3. The molecular weight excluding hydrogens is 483 g/mol. The van der Waals surface area contributed by atoms with Crippen molar-refractivity contribution in [2.45, 2.75) is 76.0 Å². The number of hydrogen-bond acceptors (Lipinski definition) is 4. The number of rotatable bonds is 6. The van der Waals surface area contributed by atoms with Crippen LogP contribution in [0.3, 0.4) is 0 Å². The molecule has 1 aromatic carbocycles. The number of aromatic nitrogens is 1. The third-order valence-corrected chi connectivity index (χ3v) is 7.73. The molecule has 2 N–H and O–H groups in total. The van der Waals surface area contributed by atoms with Crippen LogP contribution >= 0.6 is 0 Å². The largest absolute Gasteiger partial charge is 0.478 e. The predicted molar refractivity (Wildman–Crippen MR) is 123 cm³/mol. The molecule has 1 saturated carbocycles. The van der Waals surface area contributed by atoms with E-state index in [-0.39, 0.29) is 28.4 Å². The van der Waals surface area contributed by atoms with E-state index in [0.29, 0.717) is 12.6 Å². The molecular formula is C24H28F3N3O4S.